The number of nitrogens with zero attached hydrogens (tertiary/aromatic N) is 1. The summed E-state index contributed by atoms with van der Waals surface area (Å²) >= 11 is 0. The highest BCUT2D eigenvalue weighted by Crippen LogP contribution is 2.34. The Bertz CT molecular complexity index is 722. The van der Waals surface area contributed by atoms with Gasteiger partial charge >= 0.3 is 6.61 Å². The number of ether oxygens (including phenoxy) is 2. The van der Waals surface area contributed by atoms with Crippen molar-refractivity contribution in [2.24, 2.45) is 5.92 Å². The normalized spacial score (nSPS) is 13.6. The van der Waals surface area contributed by atoms with Gasteiger partial charge in [-0.2, -0.15) is 8.78 Å². The number of hydrogen-bond acceptors (Lipinski definition) is 4. The summed E-state index contributed by atoms with van der Waals surface area (Å²) in [5.41, 5.74) is 1.03. The summed E-state index contributed by atoms with van der Waals surface area (Å²) in [7, 11) is 0. The number of amides is 1. The van der Waals surface area contributed by atoms with Crippen LogP contribution in [-0.4, -0.2) is 24.1 Å². The van der Waals surface area contributed by atoms with Gasteiger partial charge in [0.25, 0.3) is 5.91 Å². The number of pyridine rings is 1. The molecule has 0 spiro atoms. The number of carbonyl (C=O) groups is 1. The third kappa shape index (κ3) is 5.14. The van der Waals surface area contributed by atoms with Crippen molar-refractivity contribution in [1.82, 2.24) is 10.3 Å². The van der Waals surface area contributed by atoms with Crippen LogP contribution in [0.2, 0.25) is 0 Å². The van der Waals surface area contributed by atoms with Crippen molar-refractivity contribution in [2.45, 2.75) is 26.0 Å². The van der Waals surface area contributed by atoms with Gasteiger partial charge in [-0.05, 0) is 49.1 Å². The number of nitrogens with one attached hydrogen (secondary N) is 1. The predicted octanol–water partition coefficient (Wildman–Crippen LogP) is 3.40. The molecule has 1 N–H and O–H groups in total. The molecule has 1 aliphatic carbocycles. The maximum atomic E-state index is 12.5. The van der Waals surface area contributed by atoms with E-state index >= 15 is 0 Å². The maximum absolute atomic E-state index is 12.5. The van der Waals surface area contributed by atoms with Gasteiger partial charge in [0, 0.05) is 11.8 Å². The monoisotopic (exact) mass is 348 g/mol. The van der Waals surface area contributed by atoms with Crippen LogP contribution in [-0.2, 0) is 6.54 Å². The zero-order valence-corrected chi connectivity index (χ0v) is 13.5. The number of hydrogen-bond donors (Lipinski definition) is 1. The Labute approximate surface area is 144 Å². The van der Waals surface area contributed by atoms with Gasteiger partial charge in [-0.3, -0.25) is 9.78 Å². The van der Waals surface area contributed by atoms with Crippen LogP contribution in [0.4, 0.5) is 8.78 Å². The SMILES string of the molecule is O=C(NCc1ccccn1)c1ccc(OC(F)F)c(OCC2CC2)c1. The third-order valence-electron chi connectivity index (χ3n) is 3.75. The molecule has 0 atom stereocenters. The van der Waals surface area contributed by atoms with Crippen molar-refractivity contribution in [1.29, 1.82) is 0 Å². The summed E-state index contributed by atoms with van der Waals surface area (Å²) in [5, 5.41) is 2.73. The Morgan fingerprint density at radius 1 is 1.24 bits per heavy atom. The lowest BCUT2D eigenvalue weighted by atomic mass is 10.2. The van der Waals surface area contributed by atoms with Gasteiger partial charge in [0.05, 0.1) is 18.8 Å². The fourth-order valence-electron chi connectivity index (χ4n) is 2.22. The van der Waals surface area contributed by atoms with E-state index < -0.39 is 6.61 Å². The number of rotatable bonds is 8. The molecule has 0 unspecified atom stereocenters. The summed E-state index contributed by atoms with van der Waals surface area (Å²) in [6, 6.07) is 9.59. The molecule has 25 heavy (non-hydrogen) atoms. The van der Waals surface area contributed by atoms with Crippen LogP contribution in [0.15, 0.2) is 42.6 Å². The molecule has 0 bridgehead atoms. The molecule has 1 saturated carbocycles. The van der Waals surface area contributed by atoms with Crippen molar-refractivity contribution in [3.05, 3.63) is 53.9 Å². The maximum Gasteiger partial charge on any atom is 0.387 e. The lowest BCUT2D eigenvalue weighted by Crippen LogP contribution is -2.23. The average Bonchev–Trinajstić information content (AvgIpc) is 3.43. The van der Waals surface area contributed by atoms with Gasteiger partial charge in [-0.15, -0.1) is 0 Å². The van der Waals surface area contributed by atoms with Crippen LogP contribution in [0.25, 0.3) is 0 Å². The van der Waals surface area contributed by atoms with Gasteiger partial charge in [0.2, 0.25) is 0 Å². The predicted molar refractivity (Wildman–Crippen MR) is 86.7 cm³/mol. The van der Waals surface area contributed by atoms with Gasteiger partial charge in [0.1, 0.15) is 0 Å². The zero-order valence-electron chi connectivity index (χ0n) is 13.5. The molecule has 0 aliphatic heterocycles. The van der Waals surface area contributed by atoms with Crippen molar-refractivity contribution < 1.29 is 23.0 Å². The molecule has 5 nitrogen and oxygen atoms in total. The second kappa shape index (κ2) is 7.92. The molecule has 7 heteroatoms. The summed E-state index contributed by atoms with van der Waals surface area (Å²) in [6.45, 7) is -2.25. The molecule has 0 saturated heterocycles. The number of halogens is 2. The summed E-state index contributed by atoms with van der Waals surface area (Å²) < 4.78 is 35.1. The molecule has 1 aromatic carbocycles. The fraction of sp³-hybridized carbons (Fsp3) is 0.333. The number of aromatic nitrogens is 1. The topological polar surface area (TPSA) is 60.5 Å². The van der Waals surface area contributed by atoms with Crippen LogP contribution in [0.1, 0.15) is 28.9 Å². The third-order valence-corrected chi connectivity index (χ3v) is 3.75. The highest BCUT2D eigenvalue weighted by molar-refractivity contribution is 5.94. The second-order valence-corrected chi connectivity index (χ2v) is 5.80. The molecule has 132 valence electrons. The van der Waals surface area contributed by atoms with Gasteiger partial charge < -0.3 is 14.8 Å². The second-order valence-electron chi connectivity index (χ2n) is 5.80. The Morgan fingerprint density at radius 3 is 2.76 bits per heavy atom. The molecule has 1 aliphatic rings. The minimum absolute atomic E-state index is 0.0723. The lowest BCUT2D eigenvalue weighted by Gasteiger charge is -2.13. The Balaban J connectivity index is 1.68. The van der Waals surface area contributed by atoms with E-state index in [-0.39, 0.29) is 24.0 Å². The molecule has 3 rings (SSSR count). The van der Waals surface area contributed by atoms with Crippen LogP contribution in [0.3, 0.4) is 0 Å². The molecule has 1 fully saturated rings. The van der Waals surface area contributed by atoms with Gasteiger partial charge in [0.15, 0.2) is 11.5 Å². The zero-order chi connectivity index (χ0) is 17.6. The highest BCUT2D eigenvalue weighted by atomic mass is 19.3. The Kier molecular flexibility index (Phi) is 5.42. The van der Waals surface area contributed by atoms with E-state index in [0.29, 0.717) is 18.1 Å². The number of carbonyl (C=O) groups excluding carboxylic acids is 1. The number of alkyl halides is 2. The molecule has 1 amide bonds. The Morgan fingerprint density at radius 2 is 2.08 bits per heavy atom. The van der Waals surface area contributed by atoms with E-state index in [1.165, 1.54) is 18.2 Å². The minimum Gasteiger partial charge on any atom is -0.489 e. The minimum atomic E-state index is -2.95. The fourth-order valence-corrected chi connectivity index (χ4v) is 2.22. The highest BCUT2D eigenvalue weighted by Gasteiger charge is 2.23. The van der Waals surface area contributed by atoms with Crippen molar-refractivity contribution in [2.75, 3.05) is 6.61 Å². The first-order valence-corrected chi connectivity index (χ1v) is 8.01. The summed E-state index contributed by atoms with van der Waals surface area (Å²) in [6.07, 6.45) is 3.77. The smallest absolute Gasteiger partial charge is 0.387 e. The lowest BCUT2D eigenvalue weighted by molar-refractivity contribution is -0.0515. The van der Waals surface area contributed by atoms with Crippen LogP contribution < -0.4 is 14.8 Å². The van der Waals surface area contributed by atoms with E-state index in [2.05, 4.69) is 15.0 Å². The quantitative estimate of drug-likeness (QED) is 0.794. The van der Waals surface area contributed by atoms with Crippen molar-refractivity contribution >= 4 is 5.91 Å². The molecular formula is C18H18F2N2O3. The first-order valence-electron chi connectivity index (χ1n) is 8.01. The van der Waals surface area contributed by atoms with E-state index in [1.807, 2.05) is 6.07 Å². The molecule has 2 aromatic rings. The van der Waals surface area contributed by atoms with E-state index in [0.717, 1.165) is 18.5 Å². The Hall–Kier alpha value is -2.70. The summed E-state index contributed by atoms with van der Waals surface area (Å²) in [5.74, 6) is 0.182. The largest absolute Gasteiger partial charge is 0.489 e. The van der Waals surface area contributed by atoms with Gasteiger partial charge in [-0.25, -0.2) is 0 Å². The van der Waals surface area contributed by atoms with Crippen molar-refractivity contribution in [3.63, 3.8) is 0 Å². The van der Waals surface area contributed by atoms with Crippen LogP contribution >= 0.6 is 0 Å². The number of benzene rings is 1. The van der Waals surface area contributed by atoms with E-state index in [1.54, 1.807) is 18.3 Å². The van der Waals surface area contributed by atoms with E-state index in [4.69, 9.17) is 4.74 Å². The standard InChI is InChI=1S/C18H18F2N2O3/c19-18(20)25-15-7-6-13(9-16(15)24-11-12-4-5-12)17(23)22-10-14-3-1-2-8-21-14/h1-3,6-9,12,18H,4-5,10-11H2,(H,22,23). The van der Waals surface area contributed by atoms with Crippen molar-refractivity contribution in [3.8, 4) is 11.5 Å². The average molecular weight is 348 g/mol. The van der Waals surface area contributed by atoms with E-state index in [9.17, 15) is 13.6 Å². The van der Waals surface area contributed by atoms with Crippen LogP contribution in [0, 0.1) is 5.92 Å². The van der Waals surface area contributed by atoms with Crippen LogP contribution in [0.5, 0.6) is 11.5 Å². The first kappa shape index (κ1) is 17.1. The molecule has 1 heterocycles. The van der Waals surface area contributed by atoms with Gasteiger partial charge in [-0.1, -0.05) is 6.07 Å². The first-order chi connectivity index (χ1) is 12.1. The summed E-state index contributed by atoms with van der Waals surface area (Å²) in [4.78, 5) is 16.4. The molecule has 1 aromatic heterocycles. The molecule has 0 radical (unpaired) electrons. The molecular weight excluding hydrogens is 330 g/mol.